The molecule has 2 fully saturated rings. The van der Waals surface area contributed by atoms with Gasteiger partial charge in [-0.15, -0.1) is 0 Å². The van der Waals surface area contributed by atoms with E-state index in [0.717, 1.165) is 24.2 Å². The number of benzene rings is 1. The van der Waals surface area contributed by atoms with Crippen LogP contribution in [0.25, 0.3) is 0 Å². The zero-order valence-electron chi connectivity index (χ0n) is 12.7. The van der Waals surface area contributed by atoms with Crippen molar-refractivity contribution in [2.45, 2.75) is 56.8 Å². The van der Waals surface area contributed by atoms with Crippen LogP contribution in [-0.4, -0.2) is 25.4 Å². The molecule has 3 rings (SSSR count). The Morgan fingerprint density at radius 1 is 1.33 bits per heavy atom. The molecular weight excluding hydrogens is 269 g/mol. The van der Waals surface area contributed by atoms with E-state index in [2.05, 4.69) is 5.32 Å². The summed E-state index contributed by atoms with van der Waals surface area (Å²) in [6.07, 6.45) is 7.39. The van der Waals surface area contributed by atoms with Gasteiger partial charge in [-0.3, -0.25) is 0 Å². The minimum Gasteiger partial charge on any atom is -0.491 e. The van der Waals surface area contributed by atoms with E-state index in [9.17, 15) is 4.39 Å². The van der Waals surface area contributed by atoms with Gasteiger partial charge in [-0.05, 0) is 50.9 Å². The molecule has 21 heavy (non-hydrogen) atoms. The maximum Gasteiger partial charge on any atom is 0.124 e. The first-order chi connectivity index (χ1) is 10.2. The lowest BCUT2D eigenvalue weighted by atomic mass is 9.98. The smallest absolute Gasteiger partial charge is 0.124 e. The minimum atomic E-state index is -0.227. The quantitative estimate of drug-likeness (QED) is 0.902. The van der Waals surface area contributed by atoms with E-state index in [0.29, 0.717) is 13.2 Å². The lowest BCUT2D eigenvalue weighted by Crippen LogP contribution is -2.27. The Kier molecular flexibility index (Phi) is 4.45. The third-order valence-corrected chi connectivity index (χ3v) is 4.67. The first-order valence-corrected chi connectivity index (χ1v) is 7.94. The predicted octanol–water partition coefficient (Wildman–Crippen LogP) is 3.42. The fourth-order valence-electron chi connectivity index (χ4n) is 3.60. The molecular formula is C17H24FNO2. The zero-order chi connectivity index (χ0) is 14.7. The highest BCUT2D eigenvalue weighted by atomic mass is 19.1. The SMILES string of the molecule is CNCc1cc(F)ccc1OCC1CCC2(CCCC2)O1. The molecule has 116 valence electrons. The topological polar surface area (TPSA) is 30.5 Å². The van der Waals surface area contributed by atoms with Crippen molar-refractivity contribution in [3.05, 3.63) is 29.6 Å². The molecule has 1 aliphatic heterocycles. The van der Waals surface area contributed by atoms with E-state index in [-0.39, 0.29) is 17.5 Å². The van der Waals surface area contributed by atoms with Gasteiger partial charge in [-0.2, -0.15) is 0 Å². The standard InChI is InChI=1S/C17H24FNO2/c1-19-11-13-10-14(18)4-5-16(13)20-12-15-6-9-17(21-15)7-2-3-8-17/h4-5,10,15,19H,2-3,6-9,11-12H2,1H3. The van der Waals surface area contributed by atoms with E-state index in [1.807, 2.05) is 7.05 Å². The van der Waals surface area contributed by atoms with E-state index < -0.39 is 0 Å². The maximum absolute atomic E-state index is 13.3. The molecule has 0 amide bonds. The van der Waals surface area contributed by atoms with E-state index >= 15 is 0 Å². The molecule has 1 aromatic rings. The first-order valence-electron chi connectivity index (χ1n) is 7.94. The van der Waals surface area contributed by atoms with Gasteiger partial charge in [-0.1, -0.05) is 12.8 Å². The van der Waals surface area contributed by atoms with Crippen molar-refractivity contribution in [3.8, 4) is 5.75 Å². The molecule has 1 heterocycles. The molecule has 1 atom stereocenters. The molecule has 1 saturated heterocycles. The van der Waals surface area contributed by atoms with Crippen LogP contribution in [0.1, 0.15) is 44.1 Å². The average Bonchev–Trinajstić information content (AvgIpc) is 3.09. The second-order valence-corrected chi connectivity index (χ2v) is 6.26. The van der Waals surface area contributed by atoms with Crippen LogP contribution in [0.2, 0.25) is 0 Å². The summed E-state index contributed by atoms with van der Waals surface area (Å²) in [5.74, 6) is 0.524. The molecule has 1 N–H and O–H groups in total. The van der Waals surface area contributed by atoms with Crippen LogP contribution in [-0.2, 0) is 11.3 Å². The second-order valence-electron chi connectivity index (χ2n) is 6.26. The molecule has 1 saturated carbocycles. The highest BCUT2D eigenvalue weighted by Gasteiger charge is 2.42. The van der Waals surface area contributed by atoms with Gasteiger partial charge >= 0.3 is 0 Å². The van der Waals surface area contributed by atoms with Crippen LogP contribution in [0.5, 0.6) is 5.75 Å². The van der Waals surface area contributed by atoms with E-state index in [1.54, 1.807) is 6.07 Å². The molecule has 0 radical (unpaired) electrons. The second kappa shape index (κ2) is 6.32. The van der Waals surface area contributed by atoms with Crippen LogP contribution >= 0.6 is 0 Å². The molecule has 1 spiro atoms. The van der Waals surface area contributed by atoms with Gasteiger partial charge in [0.25, 0.3) is 0 Å². The molecule has 0 bridgehead atoms. The minimum absolute atomic E-state index is 0.143. The van der Waals surface area contributed by atoms with Crippen molar-refractivity contribution in [2.24, 2.45) is 0 Å². The van der Waals surface area contributed by atoms with Crippen molar-refractivity contribution >= 4 is 0 Å². The molecule has 1 unspecified atom stereocenters. The lowest BCUT2D eigenvalue weighted by Gasteiger charge is -2.24. The molecule has 4 heteroatoms. The lowest BCUT2D eigenvalue weighted by molar-refractivity contribution is -0.0509. The predicted molar refractivity (Wildman–Crippen MR) is 80.0 cm³/mol. The van der Waals surface area contributed by atoms with Gasteiger partial charge in [-0.25, -0.2) is 4.39 Å². The maximum atomic E-state index is 13.3. The summed E-state index contributed by atoms with van der Waals surface area (Å²) < 4.78 is 25.4. The van der Waals surface area contributed by atoms with Crippen LogP contribution < -0.4 is 10.1 Å². The number of hydrogen-bond acceptors (Lipinski definition) is 3. The number of halogens is 1. The monoisotopic (exact) mass is 293 g/mol. The van der Waals surface area contributed by atoms with Crippen LogP contribution in [0.4, 0.5) is 4.39 Å². The summed E-state index contributed by atoms with van der Waals surface area (Å²) >= 11 is 0. The highest BCUT2D eigenvalue weighted by Crippen LogP contribution is 2.43. The van der Waals surface area contributed by atoms with Crippen molar-refractivity contribution < 1.29 is 13.9 Å². The van der Waals surface area contributed by atoms with Gasteiger partial charge in [0.1, 0.15) is 18.2 Å². The van der Waals surface area contributed by atoms with Crippen LogP contribution in [0.15, 0.2) is 18.2 Å². The molecule has 0 aromatic heterocycles. The highest BCUT2D eigenvalue weighted by molar-refractivity contribution is 5.34. The summed E-state index contributed by atoms with van der Waals surface area (Å²) in [5, 5.41) is 3.04. The Labute approximate surface area is 125 Å². The number of hydrogen-bond donors (Lipinski definition) is 1. The van der Waals surface area contributed by atoms with Crippen LogP contribution in [0, 0.1) is 5.82 Å². The molecule has 1 aromatic carbocycles. The van der Waals surface area contributed by atoms with Gasteiger partial charge < -0.3 is 14.8 Å². The van der Waals surface area contributed by atoms with Crippen molar-refractivity contribution in [3.63, 3.8) is 0 Å². The van der Waals surface area contributed by atoms with E-state index in [4.69, 9.17) is 9.47 Å². The Bertz CT molecular complexity index is 486. The third-order valence-electron chi connectivity index (χ3n) is 4.67. The summed E-state index contributed by atoms with van der Waals surface area (Å²) in [5.41, 5.74) is 0.996. The van der Waals surface area contributed by atoms with Crippen molar-refractivity contribution in [1.29, 1.82) is 0 Å². The van der Waals surface area contributed by atoms with Crippen molar-refractivity contribution in [2.75, 3.05) is 13.7 Å². The van der Waals surface area contributed by atoms with Gasteiger partial charge in [0.2, 0.25) is 0 Å². The molecule has 3 nitrogen and oxygen atoms in total. The molecule has 2 aliphatic rings. The van der Waals surface area contributed by atoms with Crippen molar-refractivity contribution in [1.82, 2.24) is 5.32 Å². The summed E-state index contributed by atoms with van der Waals surface area (Å²) in [7, 11) is 1.85. The number of nitrogens with one attached hydrogen (secondary N) is 1. The average molecular weight is 293 g/mol. The first kappa shape index (κ1) is 14.8. The van der Waals surface area contributed by atoms with Crippen LogP contribution in [0.3, 0.4) is 0 Å². The number of rotatable bonds is 5. The largest absolute Gasteiger partial charge is 0.491 e. The Morgan fingerprint density at radius 3 is 2.90 bits per heavy atom. The summed E-state index contributed by atoms with van der Waals surface area (Å²) in [6, 6.07) is 4.69. The molecule has 1 aliphatic carbocycles. The summed E-state index contributed by atoms with van der Waals surface area (Å²) in [4.78, 5) is 0. The summed E-state index contributed by atoms with van der Waals surface area (Å²) in [6.45, 7) is 1.16. The Hall–Kier alpha value is -1.13. The Balaban J connectivity index is 1.58. The van der Waals surface area contributed by atoms with Gasteiger partial charge in [0.15, 0.2) is 0 Å². The Morgan fingerprint density at radius 2 is 2.14 bits per heavy atom. The zero-order valence-corrected chi connectivity index (χ0v) is 12.7. The fourth-order valence-corrected chi connectivity index (χ4v) is 3.60. The number of ether oxygens (including phenoxy) is 2. The van der Waals surface area contributed by atoms with Gasteiger partial charge in [0, 0.05) is 12.1 Å². The third kappa shape index (κ3) is 3.38. The van der Waals surface area contributed by atoms with E-state index in [1.165, 1.54) is 37.8 Å². The normalized spacial score (nSPS) is 23.8. The van der Waals surface area contributed by atoms with Gasteiger partial charge in [0.05, 0.1) is 11.7 Å². The fraction of sp³-hybridized carbons (Fsp3) is 0.647.